The van der Waals surface area contributed by atoms with E-state index >= 15 is 0 Å². The van der Waals surface area contributed by atoms with E-state index in [1.165, 1.54) is 6.07 Å². The van der Waals surface area contributed by atoms with Crippen LogP contribution in [0.5, 0.6) is 28.7 Å². The molecular formula is C27H30O17. The third-order valence-electron chi connectivity index (χ3n) is 7.31. The fourth-order valence-corrected chi connectivity index (χ4v) is 4.88. The summed E-state index contributed by atoms with van der Waals surface area (Å²) in [6.07, 6.45) is -17.5. The average Bonchev–Trinajstić information content (AvgIpc) is 2.99. The molecule has 240 valence electrons. The maximum atomic E-state index is 14.1. The molecule has 2 aromatic carbocycles. The number of phenols is 3. The fourth-order valence-electron chi connectivity index (χ4n) is 4.88. The van der Waals surface area contributed by atoms with Gasteiger partial charge in [-0.2, -0.15) is 0 Å². The number of aliphatic hydroxyl groups is 8. The molecular weight excluding hydrogens is 596 g/mol. The number of aliphatic hydroxyl groups excluding tert-OH is 8. The summed E-state index contributed by atoms with van der Waals surface area (Å²) in [6.45, 7) is -1.60. The van der Waals surface area contributed by atoms with Crippen molar-refractivity contribution in [2.24, 2.45) is 0 Å². The second-order valence-corrected chi connectivity index (χ2v) is 10.2. The zero-order valence-corrected chi connectivity index (χ0v) is 22.4. The first kappa shape index (κ1) is 31.7. The van der Waals surface area contributed by atoms with Crippen LogP contribution in [0.25, 0.3) is 22.3 Å². The van der Waals surface area contributed by atoms with Gasteiger partial charge in [-0.05, 0) is 18.2 Å². The summed E-state index contributed by atoms with van der Waals surface area (Å²) in [5.74, 6) is -3.37. The lowest BCUT2D eigenvalue weighted by molar-refractivity contribution is -0.277. The summed E-state index contributed by atoms with van der Waals surface area (Å²) in [6, 6.07) is 5.19. The van der Waals surface area contributed by atoms with Gasteiger partial charge in [0.1, 0.15) is 71.3 Å². The van der Waals surface area contributed by atoms with E-state index in [-0.39, 0.29) is 11.1 Å². The largest absolute Gasteiger partial charge is 0.508 e. The lowest BCUT2D eigenvalue weighted by Crippen LogP contribution is -2.60. The second kappa shape index (κ2) is 12.3. The van der Waals surface area contributed by atoms with Crippen molar-refractivity contribution >= 4 is 11.0 Å². The first-order valence-corrected chi connectivity index (χ1v) is 13.2. The van der Waals surface area contributed by atoms with Crippen molar-refractivity contribution in [2.75, 3.05) is 13.2 Å². The standard InChI is InChI=1S/C27H30O17/c28-6-14-17(33)20(36)22(38)26(42-14)41-13-5-9(30)4-12-16(13)19(35)25(24(40-12)8-1-2-10(31)11(32)3-8)44-27-23(39)21(37)18(34)15(7-29)43-27/h1-5,14-15,17-18,20-23,26-34,36-39H,6-7H2/t14-,15-,17+,18+,20-,21-,22-,23-,26+,27-/m1/s1. The van der Waals surface area contributed by atoms with Gasteiger partial charge in [0, 0.05) is 17.7 Å². The quantitative estimate of drug-likeness (QED) is 0.116. The summed E-state index contributed by atoms with van der Waals surface area (Å²) in [7, 11) is 0. The van der Waals surface area contributed by atoms with Gasteiger partial charge < -0.3 is 79.5 Å². The van der Waals surface area contributed by atoms with Crippen molar-refractivity contribution in [3.8, 4) is 40.1 Å². The number of benzene rings is 2. The molecule has 11 N–H and O–H groups in total. The van der Waals surface area contributed by atoms with E-state index in [9.17, 15) is 61.0 Å². The zero-order chi connectivity index (χ0) is 32.0. The molecule has 2 aliphatic rings. The van der Waals surface area contributed by atoms with Crippen molar-refractivity contribution in [1.82, 2.24) is 0 Å². The highest BCUT2D eigenvalue weighted by Crippen LogP contribution is 2.40. The Kier molecular flexibility index (Phi) is 8.87. The van der Waals surface area contributed by atoms with Gasteiger partial charge in [0.25, 0.3) is 0 Å². The Bertz CT molecular complexity index is 1550. The van der Waals surface area contributed by atoms with Crippen LogP contribution in [0.15, 0.2) is 39.5 Å². The van der Waals surface area contributed by atoms with Gasteiger partial charge in [-0.25, -0.2) is 0 Å². The van der Waals surface area contributed by atoms with Crippen LogP contribution in [-0.4, -0.2) is 131 Å². The van der Waals surface area contributed by atoms with E-state index in [0.717, 1.165) is 24.3 Å². The normalized spacial score (nSPS) is 32.5. The maximum absolute atomic E-state index is 14.1. The van der Waals surface area contributed by atoms with E-state index in [0.29, 0.717) is 0 Å². The Morgan fingerprint density at radius 3 is 1.80 bits per heavy atom. The van der Waals surface area contributed by atoms with Crippen LogP contribution >= 0.6 is 0 Å². The van der Waals surface area contributed by atoms with Crippen molar-refractivity contribution < 1.29 is 79.5 Å². The molecule has 17 heteroatoms. The number of hydrogen-bond acceptors (Lipinski definition) is 17. The Balaban J connectivity index is 1.66. The predicted molar refractivity (Wildman–Crippen MR) is 142 cm³/mol. The van der Waals surface area contributed by atoms with Gasteiger partial charge in [0.15, 0.2) is 17.3 Å². The number of aromatic hydroxyl groups is 3. The monoisotopic (exact) mass is 626 g/mol. The van der Waals surface area contributed by atoms with Crippen LogP contribution in [0, 0.1) is 0 Å². The topological polar surface area (TPSA) is 290 Å². The highest BCUT2D eigenvalue weighted by molar-refractivity contribution is 5.88. The lowest BCUT2D eigenvalue weighted by atomic mass is 9.99. The molecule has 10 atom stereocenters. The molecule has 0 unspecified atom stereocenters. The Labute approximate surface area is 246 Å². The Hall–Kier alpha value is -3.75. The number of ether oxygens (including phenoxy) is 4. The summed E-state index contributed by atoms with van der Waals surface area (Å²) in [5, 5.41) is 110. The van der Waals surface area contributed by atoms with Crippen molar-refractivity contribution in [1.29, 1.82) is 0 Å². The molecule has 2 fully saturated rings. The van der Waals surface area contributed by atoms with Crippen LogP contribution in [-0.2, 0) is 9.47 Å². The zero-order valence-electron chi connectivity index (χ0n) is 22.4. The summed E-state index contributed by atoms with van der Waals surface area (Å²) in [4.78, 5) is 14.1. The minimum absolute atomic E-state index is 0.0707. The van der Waals surface area contributed by atoms with E-state index < -0.39 is 120 Å². The van der Waals surface area contributed by atoms with Gasteiger partial charge >= 0.3 is 0 Å². The van der Waals surface area contributed by atoms with Gasteiger partial charge in [0.2, 0.25) is 23.8 Å². The molecule has 17 nitrogen and oxygen atoms in total. The maximum Gasteiger partial charge on any atom is 0.239 e. The first-order valence-electron chi connectivity index (χ1n) is 13.2. The van der Waals surface area contributed by atoms with Crippen LogP contribution in [0.2, 0.25) is 0 Å². The molecule has 0 bridgehead atoms. The Morgan fingerprint density at radius 1 is 0.682 bits per heavy atom. The third kappa shape index (κ3) is 5.61. The highest BCUT2D eigenvalue weighted by Gasteiger charge is 2.46. The van der Waals surface area contributed by atoms with E-state index in [1.807, 2.05) is 0 Å². The van der Waals surface area contributed by atoms with Crippen LogP contribution in [0.1, 0.15) is 0 Å². The minimum atomic E-state index is -1.96. The molecule has 3 heterocycles. The number of hydrogen-bond donors (Lipinski definition) is 11. The lowest BCUT2D eigenvalue weighted by Gasteiger charge is -2.39. The molecule has 2 saturated heterocycles. The number of fused-ring (bicyclic) bond motifs is 1. The van der Waals surface area contributed by atoms with Gasteiger partial charge in [0.05, 0.1) is 13.2 Å². The van der Waals surface area contributed by atoms with Gasteiger partial charge in [-0.3, -0.25) is 4.79 Å². The van der Waals surface area contributed by atoms with Crippen molar-refractivity contribution in [2.45, 2.75) is 61.4 Å². The smallest absolute Gasteiger partial charge is 0.239 e. The van der Waals surface area contributed by atoms with Crippen molar-refractivity contribution in [3.05, 3.63) is 40.6 Å². The fraction of sp³-hybridized carbons (Fsp3) is 0.444. The van der Waals surface area contributed by atoms with E-state index in [2.05, 4.69) is 0 Å². The molecule has 1 aromatic heterocycles. The molecule has 44 heavy (non-hydrogen) atoms. The summed E-state index contributed by atoms with van der Waals surface area (Å²) >= 11 is 0. The SMILES string of the molecule is O=c1c(O[C@H]2O[C@H](CO)[C@H](O)[C@@H](O)[C@H]2O)c(-c2ccc(O)c(O)c2)oc2cc(O)cc(O[C@H]3O[C@H](CO)[C@H](O)[C@@H](O)[C@H]3O)c12. The van der Waals surface area contributed by atoms with Crippen LogP contribution in [0.3, 0.4) is 0 Å². The minimum Gasteiger partial charge on any atom is -0.508 e. The van der Waals surface area contributed by atoms with Crippen molar-refractivity contribution in [3.63, 3.8) is 0 Å². The van der Waals surface area contributed by atoms with E-state index in [1.54, 1.807) is 0 Å². The Morgan fingerprint density at radius 2 is 1.25 bits per heavy atom. The molecule has 2 aliphatic heterocycles. The average molecular weight is 627 g/mol. The highest BCUT2D eigenvalue weighted by atomic mass is 16.7. The molecule has 0 aliphatic carbocycles. The third-order valence-corrected chi connectivity index (χ3v) is 7.31. The predicted octanol–water partition coefficient (Wildman–Crippen LogP) is -3.07. The number of phenolic OH excluding ortho intramolecular Hbond substituents is 3. The molecule has 0 saturated carbocycles. The summed E-state index contributed by atoms with van der Waals surface area (Å²) in [5.41, 5.74) is -1.51. The number of rotatable bonds is 7. The molecule has 3 aromatic rings. The first-order chi connectivity index (χ1) is 20.9. The summed E-state index contributed by atoms with van der Waals surface area (Å²) < 4.78 is 27.8. The van der Waals surface area contributed by atoms with Crippen LogP contribution in [0.4, 0.5) is 0 Å². The van der Waals surface area contributed by atoms with Crippen LogP contribution < -0.4 is 14.9 Å². The van der Waals surface area contributed by atoms with Gasteiger partial charge in [-0.15, -0.1) is 0 Å². The molecule has 0 amide bonds. The molecule has 5 rings (SSSR count). The molecule has 0 spiro atoms. The second-order valence-electron chi connectivity index (χ2n) is 10.2. The molecule has 0 radical (unpaired) electrons. The van der Waals surface area contributed by atoms with Gasteiger partial charge in [-0.1, -0.05) is 0 Å². The van der Waals surface area contributed by atoms with E-state index in [4.69, 9.17) is 23.4 Å².